The Morgan fingerprint density at radius 3 is 0.545 bits per heavy atom. The minimum Gasteiger partial charge on any atom is -0.0616 e. The van der Waals surface area contributed by atoms with Crippen LogP contribution in [0.15, 0.2) is 243 Å². The van der Waals surface area contributed by atoms with E-state index in [1.54, 1.807) is 0 Å². The van der Waals surface area contributed by atoms with Gasteiger partial charge in [-0.1, -0.05) is 180 Å². The van der Waals surface area contributed by atoms with Crippen LogP contribution in [0.5, 0.6) is 0 Å². The van der Waals surface area contributed by atoms with Crippen molar-refractivity contribution in [2.45, 2.75) is 105 Å². The highest BCUT2D eigenvalue weighted by atomic mass is 14.3. The highest BCUT2D eigenvalue weighted by molar-refractivity contribution is 6.35. The predicted molar refractivity (Wildman–Crippen MR) is 387 cm³/mol. The van der Waals surface area contributed by atoms with Gasteiger partial charge in [-0.05, 0) is 222 Å². The van der Waals surface area contributed by atoms with E-state index in [4.69, 9.17) is 0 Å². The lowest BCUT2D eigenvalue weighted by molar-refractivity contribution is 0.591. The van der Waals surface area contributed by atoms with Gasteiger partial charge in [0.25, 0.3) is 0 Å². The Morgan fingerprint density at radius 2 is 0.364 bits per heavy atom. The molecule has 0 spiro atoms. The molecule has 15 aromatic carbocycles. The molecule has 0 fully saturated rings. The molecule has 0 atom stereocenters. The van der Waals surface area contributed by atoms with Gasteiger partial charge in [-0.25, -0.2) is 0 Å². The second-order valence-corrected chi connectivity index (χ2v) is 29.1. The Kier molecular flexibility index (Phi) is 12.6. The molecule has 0 radical (unpaired) electrons. The third kappa shape index (κ3) is 8.85. The molecule has 15 aromatic rings. The first-order chi connectivity index (χ1) is 42.2. The standard InChI is InChI=1S/C88H76/c1-85(2,3)57-41-45-61-53(49-57)37-38-54-50-58(86(4,5)6)42-46-62(54)77(61)79-65-25-13-17-29-69(65)81(70-30-18-14-26-66(70)79)83-73-33-21-23-35-75(73)84(76-36-24-22-34-74(76)83)82-71-31-19-15-27-67(71)80(68-28-16-20-32-72(68)82)78-63-47-43-59(87(7,8)9)51-55(63)39-40-56-52-60(88(10,11)12)44-48-64(56)78/h13-52H,1-12H3/q+2. The lowest BCUT2D eigenvalue weighted by Gasteiger charge is -2.23. The maximum absolute atomic E-state index is 2.44. The number of benzene rings is 13. The largest absolute Gasteiger partial charge is 0.0697 e. The van der Waals surface area contributed by atoms with Crippen molar-refractivity contribution in [1.82, 2.24) is 0 Å². The minimum atomic E-state index is -0.00728. The van der Waals surface area contributed by atoms with Gasteiger partial charge in [0.15, 0.2) is 0 Å². The molecule has 0 bridgehead atoms. The molecule has 0 amide bonds. The van der Waals surface area contributed by atoms with Crippen LogP contribution in [0, 0.1) is 0 Å². The Balaban J connectivity index is 1.06. The van der Waals surface area contributed by atoms with Crippen molar-refractivity contribution < 1.29 is 0 Å². The zero-order valence-electron chi connectivity index (χ0n) is 53.1. The molecule has 88 heavy (non-hydrogen) atoms. The van der Waals surface area contributed by atoms with Gasteiger partial charge in [0.1, 0.15) is 0 Å². The SMILES string of the molecule is CC(C)(C)c1ccc2c(ccc3cc(C(C)(C)C)ccc3[c+]2-c2c3ccccc3c(-c3c4ccccc4c(-c4c5ccccc5c(-[c+]5c6ccc(C(C)(C)C)cc6ccc6cc(C(C)(C)C)ccc65)c5ccccc45)c4ccccc34)c3ccccc23)c1. The molecule has 0 heteroatoms. The van der Waals surface area contributed by atoms with Crippen molar-refractivity contribution in [3.8, 4) is 44.5 Å². The van der Waals surface area contributed by atoms with E-state index in [2.05, 4.69) is 326 Å². The predicted octanol–water partition coefficient (Wildman–Crippen LogP) is 25.6. The molecule has 0 saturated carbocycles. The fourth-order valence-electron chi connectivity index (χ4n) is 14.8. The number of hydrogen-bond acceptors (Lipinski definition) is 0. The molecule has 0 unspecified atom stereocenters. The first kappa shape index (κ1) is 55.2. The monoisotopic (exact) mass is 1130 g/mol. The topological polar surface area (TPSA) is 0 Å². The third-order valence-corrected chi connectivity index (χ3v) is 19.4. The van der Waals surface area contributed by atoms with E-state index >= 15 is 0 Å². The Labute approximate surface area is 518 Å². The smallest absolute Gasteiger partial charge is 0.0616 e. The highest BCUT2D eigenvalue weighted by Gasteiger charge is 2.31. The summed E-state index contributed by atoms with van der Waals surface area (Å²) in [5.74, 6) is 0. The summed E-state index contributed by atoms with van der Waals surface area (Å²) in [6, 6.07) is 94.1. The van der Waals surface area contributed by atoms with Gasteiger partial charge < -0.3 is 0 Å². The van der Waals surface area contributed by atoms with E-state index in [1.165, 1.54) is 174 Å². The molecule has 0 aliphatic heterocycles. The zero-order valence-corrected chi connectivity index (χ0v) is 53.1. The normalized spacial score (nSPS) is 12.8. The Hall–Kier alpha value is -9.36. The van der Waals surface area contributed by atoms with Crippen LogP contribution in [-0.4, -0.2) is 0 Å². The van der Waals surface area contributed by atoms with Crippen molar-refractivity contribution in [2.24, 2.45) is 0 Å². The van der Waals surface area contributed by atoms with Crippen LogP contribution in [-0.2, 0) is 21.7 Å². The quantitative estimate of drug-likeness (QED) is 0.122. The summed E-state index contributed by atoms with van der Waals surface area (Å²) in [7, 11) is 0. The maximum atomic E-state index is 2.44. The summed E-state index contributed by atoms with van der Waals surface area (Å²) in [6.45, 7) is 27.9. The summed E-state index contributed by atoms with van der Waals surface area (Å²) < 4.78 is 0. The zero-order chi connectivity index (χ0) is 60.8. The molecule has 0 aliphatic rings. The average molecular weight is 1130 g/mol. The molecular formula is C88H76+2. The first-order valence-corrected chi connectivity index (χ1v) is 31.7. The number of fused-ring (bicyclic) bond motifs is 10. The summed E-state index contributed by atoms with van der Waals surface area (Å²) >= 11 is 0. The van der Waals surface area contributed by atoms with Crippen molar-refractivity contribution in [2.75, 3.05) is 0 Å². The summed E-state index contributed by atoms with van der Waals surface area (Å²) in [4.78, 5) is 0. The molecule has 0 aromatic heterocycles. The third-order valence-electron chi connectivity index (χ3n) is 19.4. The molecule has 0 N–H and O–H groups in total. The van der Waals surface area contributed by atoms with Gasteiger partial charge in [0.2, 0.25) is 0 Å². The molecule has 0 heterocycles. The van der Waals surface area contributed by atoms with Crippen LogP contribution in [0.25, 0.3) is 152 Å². The van der Waals surface area contributed by atoms with Crippen LogP contribution >= 0.6 is 0 Å². The molecule has 15 rings (SSSR count). The van der Waals surface area contributed by atoms with Gasteiger partial charge in [-0.15, -0.1) is 0 Å². The van der Waals surface area contributed by atoms with Crippen LogP contribution in [0.1, 0.15) is 105 Å². The van der Waals surface area contributed by atoms with Crippen LogP contribution < -0.4 is 0 Å². The summed E-state index contributed by atoms with van der Waals surface area (Å²) in [5, 5.41) is 24.9. The van der Waals surface area contributed by atoms with Crippen molar-refractivity contribution in [3.63, 3.8) is 0 Å². The van der Waals surface area contributed by atoms with E-state index in [0.29, 0.717) is 0 Å². The summed E-state index contributed by atoms with van der Waals surface area (Å²) in [6.07, 6.45) is 0. The first-order valence-electron chi connectivity index (χ1n) is 31.7. The van der Waals surface area contributed by atoms with E-state index < -0.39 is 0 Å². The fraction of sp³-hybridized carbons (Fsp3) is 0.182. The molecule has 0 saturated heterocycles. The van der Waals surface area contributed by atoms with Crippen molar-refractivity contribution >= 4 is 108 Å². The van der Waals surface area contributed by atoms with Gasteiger partial charge in [-0.2, -0.15) is 0 Å². The summed E-state index contributed by atoms with van der Waals surface area (Å²) in [5.41, 5.74) is 15.4. The second kappa shape index (κ2) is 20.1. The average Bonchev–Trinajstić information content (AvgIpc) is 0.841. The number of rotatable bonds is 4. The van der Waals surface area contributed by atoms with Gasteiger partial charge in [0.05, 0.1) is 43.8 Å². The lowest BCUT2D eigenvalue weighted by Crippen LogP contribution is -2.10. The van der Waals surface area contributed by atoms with Gasteiger partial charge in [-0.3, -0.25) is 0 Å². The highest BCUT2D eigenvalue weighted by Crippen LogP contribution is 2.55. The second-order valence-electron chi connectivity index (χ2n) is 29.1. The molecular weight excluding hydrogens is 1060 g/mol. The van der Waals surface area contributed by atoms with E-state index in [-0.39, 0.29) is 21.7 Å². The molecule has 0 aliphatic carbocycles. The van der Waals surface area contributed by atoms with Crippen LogP contribution in [0.2, 0.25) is 0 Å². The van der Waals surface area contributed by atoms with Crippen molar-refractivity contribution in [3.05, 3.63) is 265 Å². The molecule has 0 nitrogen and oxygen atoms in total. The van der Waals surface area contributed by atoms with Gasteiger partial charge in [0, 0.05) is 75.8 Å². The van der Waals surface area contributed by atoms with Gasteiger partial charge >= 0.3 is 0 Å². The number of hydrogen-bond donors (Lipinski definition) is 0. The van der Waals surface area contributed by atoms with E-state index in [9.17, 15) is 0 Å². The van der Waals surface area contributed by atoms with Crippen LogP contribution in [0.4, 0.5) is 0 Å². The van der Waals surface area contributed by atoms with E-state index in [1.807, 2.05) is 0 Å². The van der Waals surface area contributed by atoms with Crippen molar-refractivity contribution in [1.29, 1.82) is 0 Å². The Morgan fingerprint density at radius 1 is 0.193 bits per heavy atom. The lowest BCUT2D eigenvalue weighted by atomic mass is 9.78. The van der Waals surface area contributed by atoms with E-state index in [0.717, 1.165) is 0 Å². The van der Waals surface area contributed by atoms with Crippen LogP contribution in [0.3, 0.4) is 0 Å². The minimum absolute atomic E-state index is 0.00728. The Bertz CT molecular complexity index is 4800. The molecule has 426 valence electrons. The fourth-order valence-corrected chi connectivity index (χ4v) is 14.8. The maximum Gasteiger partial charge on any atom is 0.0697 e.